The van der Waals surface area contributed by atoms with Crippen molar-refractivity contribution in [1.29, 1.82) is 0 Å². The number of hydrogen-bond acceptors (Lipinski definition) is 6. The van der Waals surface area contributed by atoms with Gasteiger partial charge in [-0.05, 0) is 25.3 Å². The van der Waals surface area contributed by atoms with Crippen molar-refractivity contribution in [3.05, 3.63) is 62.3 Å². The highest BCUT2D eigenvalue weighted by Crippen LogP contribution is 2.23. The molecule has 1 saturated carbocycles. The first-order chi connectivity index (χ1) is 15.0. The summed E-state index contributed by atoms with van der Waals surface area (Å²) in [5.74, 6) is -0.508. The summed E-state index contributed by atoms with van der Waals surface area (Å²) in [5, 5.41) is 9.50. The fourth-order valence-electron chi connectivity index (χ4n) is 4.40. The Morgan fingerprint density at radius 3 is 2.42 bits per heavy atom. The van der Waals surface area contributed by atoms with Crippen LogP contribution >= 0.6 is 0 Å². The van der Waals surface area contributed by atoms with Crippen LogP contribution in [-0.4, -0.2) is 50.7 Å². The lowest BCUT2D eigenvalue weighted by molar-refractivity contribution is 0.0813. The fraction of sp³-hybridized carbons (Fsp3) is 0.522. The summed E-state index contributed by atoms with van der Waals surface area (Å²) in [6.07, 6.45) is 5.29. The molecule has 0 bridgehead atoms. The van der Waals surface area contributed by atoms with Crippen LogP contribution < -0.4 is 17.0 Å². The Morgan fingerprint density at radius 1 is 1.13 bits per heavy atom. The molecular weight excluding hydrogens is 396 g/mol. The van der Waals surface area contributed by atoms with E-state index in [2.05, 4.69) is 0 Å². The van der Waals surface area contributed by atoms with E-state index in [9.17, 15) is 19.5 Å². The lowest BCUT2D eigenvalue weighted by Gasteiger charge is -2.33. The lowest BCUT2D eigenvalue weighted by atomic mass is 9.94. The summed E-state index contributed by atoms with van der Waals surface area (Å²) in [4.78, 5) is 41.1. The lowest BCUT2D eigenvalue weighted by Crippen LogP contribution is -2.47. The second-order valence-electron chi connectivity index (χ2n) is 8.07. The number of anilines is 1. The van der Waals surface area contributed by atoms with Crippen LogP contribution in [0.4, 0.5) is 5.82 Å². The van der Waals surface area contributed by atoms with Crippen molar-refractivity contribution in [1.82, 2.24) is 14.0 Å². The van der Waals surface area contributed by atoms with E-state index in [-0.39, 0.29) is 43.7 Å². The van der Waals surface area contributed by atoms with Crippen molar-refractivity contribution in [2.45, 2.75) is 58.2 Å². The van der Waals surface area contributed by atoms with Gasteiger partial charge in [-0.1, -0.05) is 49.6 Å². The number of Topliss-reactive ketones (excluding diaryl/α,β-unsaturated/α-hetero) is 1. The van der Waals surface area contributed by atoms with Gasteiger partial charge in [0.15, 0.2) is 5.78 Å². The van der Waals surface area contributed by atoms with E-state index in [1.54, 1.807) is 6.92 Å². The molecule has 1 aromatic carbocycles. The molecule has 1 heterocycles. The van der Waals surface area contributed by atoms with Crippen LogP contribution in [0.3, 0.4) is 0 Å². The number of aliphatic hydroxyl groups is 1. The predicted molar refractivity (Wildman–Crippen MR) is 120 cm³/mol. The van der Waals surface area contributed by atoms with Crippen LogP contribution in [0.2, 0.25) is 0 Å². The second-order valence-corrected chi connectivity index (χ2v) is 8.07. The molecule has 3 N–H and O–H groups in total. The number of carbonyl (C=O) groups excluding carboxylic acids is 1. The van der Waals surface area contributed by atoms with Gasteiger partial charge in [0.05, 0.1) is 19.7 Å². The Hall–Kier alpha value is -2.71. The zero-order chi connectivity index (χ0) is 22.4. The molecule has 168 valence electrons. The molecule has 0 amide bonds. The molecule has 0 atom stereocenters. The van der Waals surface area contributed by atoms with Gasteiger partial charge in [0.1, 0.15) is 11.4 Å². The third kappa shape index (κ3) is 5.14. The third-order valence-corrected chi connectivity index (χ3v) is 6.07. The van der Waals surface area contributed by atoms with Gasteiger partial charge >= 0.3 is 5.69 Å². The number of rotatable bonds is 9. The molecule has 0 saturated heterocycles. The highest BCUT2D eigenvalue weighted by molar-refractivity contribution is 6.01. The Bertz CT molecular complexity index is 1010. The van der Waals surface area contributed by atoms with E-state index in [4.69, 9.17) is 5.73 Å². The first kappa shape index (κ1) is 23.0. The van der Waals surface area contributed by atoms with Gasteiger partial charge in [-0.25, -0.2) is 4.79 Å². The Morgan fingerprint density at radius 2 is 1.81 bits per heavy atom. The molecule has 0 aliphatic heterocycles. The van der Waals surface area contributed by atoms with Crippen LogP contribution in [0.15, 0.2) is 39.9 Å². The summed E-state index contributed by atoms with van der Waals surface area (Å²) in [6, 6.07) is 9.51. The molecule has 1 aromatic heterocycles. The Balaban J connectivity index is 1.98. The van der Waals surface area contributed by atoms with E-state index in [1.165, 1.54) is 11.0 Å². The summed E-state index contributed by atoms with van der Waals surface area (Å²) in [7, 11) is 0. The van der Waals surface area contributed by atoms with Crippen LogP contribution in [0.1, 0.15) is 54.9 Å². The maximum absolute atomic E-state index is 13.3. The summed E-state index contributed by atoms with van der Waals surface area (Å²) in [6.45, 7) is 2.32. The number of ketones is 1. The molecule has 1 aliphatic rings. The van der Waals surface area contributed by atoms with Crippen molar-refractivity contribution < 1.29 is 9.90 Å². The largest absolute Gasteiger partial charge is 0.395 e. The van der Waals surface area contributed by atoms with Crippen molar-refractivity contribution in [3.8, 4) is 0 Å². The first-order valence-corrected chi connectivity index (χ1v) is 11.0. The first-order valence-electron chi connectivity index (χ1n) is 11.0. The van der Waals surface area contributed by atoms with Gasteiger partial charge in [-0.15, -0.1) is 0 Å². The van der Waals surface area contributed by atoms with Crippen molar-refractivity contribution in [3.63, 3.8) is 0 Å². The van der Waals surface area contributed by atoms with Crippen LogP contribution in [0.25, 0.3) is 0 Å². The van der Waals surface area contributed by atoms with Gasteiger partial charge in [-0.3, -0.25) is 23.6 Å². The number of carbonyl (C=O) groups is 1. The van der Waals surface area contributed by atoms with Crippen molar-refractivity contribution >= 4 is 11.6 Å². The average molecular weight is 429 g/mol. The van der Waals surface area contributed by atoms with E-state index in [0.29, 0.717) is 6.54 Å². The highest BCUT2D eigenvalue weighted by Gasteiger charge is 2.27. The van der Waals surface area contributed by atoms with E-state index >= 15 is 0 Å². The molecule has 3 rings (SSSR count). The minimum absolute atomic E-state index is 0.00206. The van der Waals surface area contributed by atoms with Crippen molar-refractivity contribution in [2.24, 2.45) is 0 Å². The van der Waals surface area contributed by atoms with E-state index < -0.39 is 17.0 Å². The standard InChI is InChI=1S/C23H32N4O4/c1-2-26-22(30)20(19(29)16-25(13-14-28)18-11-7-4-8-12-18)21(24)27(23(26)31)15-17-9-5-3-6-10-17/h3,5-6,9-10,18,28H,2,4,7-8,11-16,24H2,1H3. The minimum atomic E-state index is -0.646. The number of nitrogens with two attached hydrogens (primary N) is 1. The number of aromatic nitrogens is 2. The molecule has 1 fully saturated rings. The maximum Gasteiger partial charge on any atom is 0.332 e. The van der Waals surface area contributed by atoms with Gasteiger partial charge in [-0.2, -0.15) is 0 Å². The normalized spacial score (nSPS) is 14.8. The monoisotopic (exact) mass is 428 g/mol. The predicted octanol–water partition coefficient (Wildman–Crippen LogP) is 1.47. The zero-order valence-corrected chi connectivity index (χ0v) is 18.1. The van der Waals surface area contributed by atoms with Gasteiger partial charge < -0.3 is 10.8 Å². The number of nitrogen functional groups attached to an aromatic ring is 1. The van der Waals surface area contributed by atoms with E-state index in [1.807, 2.05) is 35.2 Å². The Kier molecular flexibility index (Phi) is 7.81. The summed E-state index contributed by atoms with van der Waals surface area (Å²) >= 11 is 0. The third-order valence-electron chi connectivity index (χ3n) is 6.07. The topological polar surface area (TPSA) is 111 Å². The van der Waals surface area contributed by atoms with Gasteiger partial charge in [0, 0.05) is 19.1 Å². The smallest absolute Gasteiger partial charge is 0.332 e. The second kappa shape index (κ2) is 10.5. The molecule has 1 aliphatic carbocycles. The SMILES string of the molecule is CCn1c(=O)c(C(=O)CN(CCO)C2CCCCC2)c(N)n(Cc2ccccc2)c1=O. The molecule has 8 heteroatoms. The van der Waals surface area contributed by atoms with E-state index in [0.717, 1.165) is 35.8 Å². The Labute approximate surface area is 181 Å². The maximum atomic E-state index is 13.3. The average Bonchev–Trinajstić information content (AvgIpc) is 2.78. The van der Waals surface area contributed by atoms with Gasteiger partial charge in [0.2, 0.25) is 0 Å². The molecule has 8 nitrogen and oxygen atoms in total. The van der Waals surface area contributed by atoms with Gasteiger partial charge in [0.25, 0.3) is 5.56 Å². The molecule has 2 aromatic rings. The molecule has 31 heavy (non-hydrogen) atoms. The highest BCUT2D eigenvalue weighted by atomic mass is 16.3. The molecule has 0 radical (unpaired) electrons. The number of nitrogens with zero attached hydrogens (tertiary/aromatic N) is 3. The summed E-state index contributed by atoms with van der Waals surface area (Å²) < 4.78 is 2.36. The summed E-state index contributed by atoms with van der Waals surface area (Å²) in [5.41, 5.74) is 5.78. The van der Waals surface area contributed by atoms with Crippen molar-refractivity contribution in [2.75, 3.05) is 25.4 Å². The van der Waals surface area contributed by atoms with Crippen LogP contribution in [0.5, 0.6) is 0 Å². The number of aliphatic hydroxyl groups excluding tert-OH is 1. The minimum Gasteiger partial charge on any atom is -0.395 e. The zero-order valence-electron chi connectivity index (χ0n) is 18.1. The van der Waals surface area contributed by atoms with Crippen LogP contribution in [-0.2, 0) is 13.1 Å². The van der Waals surface area contributed by atoms with Crippen LogP contribution in [0, 0.1) is 0 Å². The molecular formula is C23H32N4O4. The molecule has 0 unspecified atom stereocenters. The fourth-order valence-corrected chi connectivity index (χ4v) is 4.40. The number of benzene rings is 1. The number of hydrogen-bond donors (Lipinski definition) is 2. The molecule has 0 spiro atoms. The quantitative estimate of drug-likeness (QED) is 0.585.